The predicted molar refractivity (Wildman–Crippen MR) is 65.8 cm³/mol. The average molecular weight is 296 g/mol. The average Bonchev–Trinajstić information content (AvgIpc) is 3.01. The van der Waals surface area contributed by atoms with Gasteiger partial charge >= 0.3 is 0 Å². The first-order chi connectivity index (χ1) is 7.90. The summed E-state index contributed by atoms with van der Waals surface area (Å²) in [6, 6.07) is 4.41. The Balaban J connectivity index is 2.35. The van der Waals surface area contributed by atoms with Crippen molar-refractivity contribution in [3.8, 4) is 0 Å². The Hall–Kier alpha value is -0.330. The number of halogens is 2. The maximum absolute atomic E-state index is 12.1. The topological polar surface area (TPSA) is 66.4 Å². The molecule has 0 aliphatic heterocycles. The van der Waals surface area contributed by atoms with Crippen LogP contribution in [0.3, 0.4) is 0 Å². The maximum atomic E-state index is 12.1. The third kappa shape index (κ3) is 2.58. The molecule has 0 heterocycles. The van der Waals surface area contributed by atoms with Crippen molar-refractivity contribution in [2.45, 2.75) is 23.3 Å². The summed E-state index contributed by atoms with van der Waals surface area (Å²) in [7, 11) is -3.75. The minimum absolute atomic E-state index is 0.00425. The fourth-order valence-corrected chi connectivity index (χ4v) is 3.69. The van der Waals surface area contributed by atoms with E-state index < -0.39 is 15.6 Å². The van der Waals surface area contributed by atoms with E-state index in [0.29, 0.717) is 12.8 Å². The molecule has 0 spiro atoms. The fraction of sp³-hybridized carbons (Fsp3) is 0.400. The summed E-state index contributed by atoms with van der Waals surface area (Å²) in [5.41, 5.74) is -0.718. The molecule has 0 amide bonds. The fourth-order valence-electron chi connectivity index (χ4n) is 1.47. The summed E-state index contributed by atoms with van der Waals surface area (Å²) in [6.45, 7) is -0.218. The van der Waals surface area contributed by atoms with Gasteiger partial charge in [-0.25, -0.2) is 13.1 Å². The summed E-state index contributed by atoms with van der Waals surface area (Å²) < 4.78 is 26.6. The van der Waals surface area contributed by atoms with Gasteiger partial charge in [0.1, 0.15) is 4.90 Å². The first-order valence-electron chi connectivity index (χ1n) is 4.99. The Labute approximate surface area is 110 Å². The molecule has 0 unspecified atom stereocenters. The van der Waals surface area contributed by atoms with Crippen LogP contribution in [0.1, 0.15) is 12.8 Å². The lowest BCUT2D eigenvalue weighted by atomic mass is 10.3. The van der Waals surface area contributed by atoms with Crippen molar-refractivity contribution in [3.05, 3.63) is 28.2 Å². The lowest BCUT2D eigenvalue weighted by molar-refractivity contribution is 0.246. The van der Waals surface area contributed by atoms with Gasteiger partial charge in [-0.3, -0.25) is 0 Å². The van der Waals surface area contributed by atoms with Crippen LogP contribution in [0.4, 0.5) is 0 Å². The van der Waals surface area contributed by atoms with Gasteiger partial charge in [0.15, 0.2) is 0 Å². The molecule has 17 heavy (non-hydrogen) atoms. The van der Waals surface area contributed by atoms with Crippen molar-refractivity contribution >= 4 is 33.2 Å². The maximum Gasteiger partial charge on any atom is 0.242 e. The first-order valence-corrected chi connectivity index (χ1v) is 7.23. The standard InChI is InChI=1S/C10H11Cl2NO3S/c11-7-2-1-3-8(9(7)12)17(15,16)13-10(6-14)4-5-10/h1-3,13-14H,4-6H2. The van der Waals surface area contributed by atoms with Gasteiger partial charge in [0.05, 0.1) is 22.2 Å². The van der Waals surface area contributed by atoms with E-state index in [-0.39, 0.29) is 21.5 Å². The largest absolute Gasteiger partial charge is 0.394 e. The van der Waals surface area contributed by atoms with Gasteiger partial charge in [-0.2, -0.15) is 0 Å². The molecule has 2 rings (SSSR count). The highest BCUT2D eigenvalue weighted by Crippen LogP contribution is 2.37. The Kier molecular flexibility index (Phi) is 3.40. The van der Waals surface area contributed by atoms with Crippen molar-refractivity contribution in [1.29, 1.82) is 0 Å². The monoisotopic (exact) mass is 295 g/mol. The van der Waals surface area contributed by atoms with Crippen molar-refractivity contribution in [1.82, 2.24) is 4.72 Å². The Morgan fingerprint density at radius 1 is 1.35 bits per heavy atom. The molecule has 0 bridgehead atoms. The van der Waals surface area contributed by atoms with Crippen LogP contribution in [-0.4, -0.2) is 25.7 Å². The molecule has 1 aliphatic rings. The molecule has 0 radical (unpaired) electrons. The van der Waals surface area contributed by atoms with Crippen molar-refractivity contribution in [2.75, 3.05) is 6.61 Å². The van der Waals surface area contributed by atoms with E-state index in [2.05, 4.69) is 4.72 Å². The SMILES string of the molecule is O=S(=O)(NC1(CO)CC1)c1cccc(Cl)c1Cl. The van der Waals surface area contributed by atoms with Crippen LogP contribution in [-0.2, 0) is 10.0 Å². The number of rotatable bonds is 4. The van der Waals surface area contributed by atoms with Gasteiger partial charge in [-0.15, -0.1) is 0 Å². The number of benzene rings is 1. The molecule has 1 aliphatic carbocycles. The molecule has 0 aromatic heterocycles. The first kappa shape index (κ1) is 13.1. The zero-order valence-corrected chi connectivity index (χ0v) is 11.1. The summed E-state index contributed by atoms with van der Waals surface area (Å²) in [5, 5.41) is 9.28. The minimum atomic E-state index is -3.75. The van der Waals surface area contributed by atoms with Crippen LogP contribution < -0.4 is 4.72 Å². The number of hydrogen-bond acceptors (Lipinski definition) is 3. The van der Waals surface area contributed by atoms with Crippen LogP contribution >= 0.6 is 23.2 Å². The second-order valence-electron chi connectivity index (χ2n) is 4.10. The van der Waals surface area contributed by atoms with Crippen LogP contribution in [0, 0.1) is 0 Å². The third-order valence-electron chi connectivity index (χ3n) is 2.71. The number of sulfonamides is 1. The lowest BCUT2D eigenvalue weighted by Gasteiger charge is -2.15. The van der Waals surface area contributed by atoms with E-state index in [1.807, 2.05) is 0 Å². The molecule has 0 atom stereocenters. The van der Waals surface area contributed by atoms with E-state index in [4.69, 9.17) is 28.3 Å². The second-order valence-corrected chi connectivity index (χ2v) is 6.53. The zero-order valence-electron chi connectivity index (χ0n) is 8.78. The van der Waals surface area contributed by atoms with E-state index in [1.54, 1.807) is 0 Å². The molecule has 1 aromatic carbocycles. The molecule has 7 heteroatoms. The molecule has 2 N–H and O–H groups in total. The van der Waals surface area contributed by atoms with Crippen LogP contribution in [0.5, 0.6) is 0 Å². The number of aliphatic hydroxyl groups is 1. The minimum Gasteiger partial charge on any atom is -0.394 e. The van der Waals surface area contributed by atoms with Gasteiger partial charge in [0.2, 0.25) is 10.0 Å². The summed E-state index contributed by atoms with van der Waals surface area (Å²) in [6.07, 6.45) is 1.25. The molecule has 0 saturated heterocycles. The molecule has 1 aromatic rings. The quantitative estimate of drug-likeness (QED) is 0.890. The molecular formula is C10H11Cl2NO3S. The number of hydrogen-bond donors (Lipinski definition) is 2. The smallest absolute Gasteiger partial charge is 0.242 e. The highest BCUT2D eigenvalue weighted by molar-refractivity contribution is 7.89. The molecular weight excluding hydrogens is 285 g/mol. The Bertz CT molecular complexity index is 540. The summed E-state index contributed by atoms with van der Waals surface area (Å²) in [5.74, 6) is 0. The Morgan fingerprint density at radius 2 is 2.00 bits per heavy atom. The number of aliphatic hydroxyl groups excluding tert-OH is 1. The number of nitrogens with one attached hydrogen (secondary N) is 1. The van der Waals surface area contributed by atoms with Gasteiger partial charge in [-0.05, 0) is 25.0 Å². The highest BCUT2D eigenvalue weighted by atomic mass is 35.5. The summed E-state index contributed by atoms with van der Waals surface area (Å²) >= 11 is 11.6. The third-order valence-corrected chi connectivity index (χ3v) is 5.26. The van der Waals surface area contributed by atoms with E-state index in [1.165, 1.54) is 18.2 Å². The lowest BCUT2D eigenvalue weighted by Crippen LogP contribution is -2.39. The molecule has 4 nitrogen and oxygen atoms in total. The second kappa shape index (κ2) is 4.40. The zero-order chi connectivity index (χ0) is 12.7. The van der Waals surface area contributed by atoms with Gasteiger partial charge < -0.3 is 5.11 Å². The van der Waals surface area contributed by atoms with Crippen LogP contribution in [0.2, 0.25) is 10.0 Å². The normalized spacial score (nSPS) is 18.1. The van der Waals surface area contributed by atoms with E-state index in [9.17, 15) is 8.42 Å². The highest BCUT2D eigenvalue weighted by Gasteiger charge is 2.45. The van der Waals surface area contributed by atoms with Crippen LogP contribution in [0.25, 0.3) is 0 Å². The molecule has 94 valence electrons. The van der Waals surface area contributed by atoms with Crippen LogP contribution in [0.15, 0.2) is 23.1 Å². The molecule has 1 fully saturated rings. The van der Waals surface area contributed by atoms with Gasteiger partial charge in [0, 0.05) is 0 Å². The van der Waals surface area contributed by atoms with E-state index >= 15 is 0 Å². The Morgan fingerprint density at radius 3 is 2.53 bits per heavy atom. The van der Waals surface area contributed by atoms with Gasteiger partial charge in [-0.1, -0.05) is 29.3 Å². The van der Waals surface area contributed by atoms with Crippen molar-refractivity contribution in [2.24, 2.45) is 0 Å². The molecule has 1 saturated carbocycles. The van der Waals surface area contributed by atoms with Crippen molar-refractivity contribution in [3.63, 3.8) is 0 Å². The van der Waals surface area contributed by atoms with Crippen molar-refractivity contribution < 1.29 is 13.5 Å². The van der Waals surface area contributed by atoms with E-state index in [0.717, 1.165) is 0 Å². The summed E-state index contributed by atoms with van der Waals surface area (Å²) in [4.78, 5) is -0.0635. The van der Waals surface area contributed by atoms with Gasteiger partial charge in [0.25, 0.3) is 0 Å². The predicted octanol–water partition coefficient (Wildman–Crippen LogP) is 1.80.